The van der Waals surface area contributed by atoms with Gasteiger partial charge in [-0.25, -0.2) is 4.79 Å². The number of carbonyl (C=O) groups is 1. The van der Waals surface area contributed by atoms with Crippen LogP contribution in [0.5, 0.6) is 0 Å². The van der Waals surface area contributed by atoms with Crippen LogP contribution in [0, 0.1) is 5.92 Å². The fourth-order valence-corrected chi connectivity index (χ4v) is 3.56. The highest BCUT2D eigenvalue weighted by molar-refractivity contribution is 6.72. The van der Waals surface area contributed by atoms with Gasteiger partial charge < -0.3 is 9.53 Å². The molecule has 0 radical (unpaired) electrons. The fourth-order valence-electron chi connectivity index (χ4n) is 1.88. The lowest BCUT2D eigenvalue weighted by molar-refractivity contribution is 0.141. The van der Waals surface area contributed by atoms with Gasteiger partial charge in [-0.15, -0.1) is 0 Å². The van der Waals surface area contributed by atoms with E-state index in [2.05, 4.69) is 13.8 Å². The van der Waals surface area contributed by atoms with Crippen molar-refractivity contribution in [1.29, 1.82) is 0 Å². The zero-order valence-electron chi connectivity index (χ0n) is 11.1. The van der Waals surface area contributed by atoms with Gasteiger partial charge in [0.1, 0.15) is 0 Å². The summed E-state index contributed by atoms with van der Waals surface area (Å²) < 4.78 is 4.99. The molecule has 3 nitrogen and oxygen atoms in total. The van der Waals surface area contributed by atoms with Crippen molar-refractivity contribution in [3.63, 3.8) is 0 Å². The quantitative estimate of drug-likeness (QED) is 0.642. The molecule has 96 valence electrons. The van der Waals surface area contributed by atoms with Crippen molar-refractivity contribution in [2.24, 2.45) is 5.92 Å². The molecule has 0 aromatic carbocycles. The third-order valence-corrected chi connectivity index (χ3v) is 5.28. The lowest BCUT2D eigenvalue weighted by Crippen LogP contribution is -2.33. The molecule has 0 rings (SSSR count). The first kappa shape index (κ1) is 15.5. The maximum Gasteiger partial charge on any atom is 0.491 e. The molecule has 4 heteroatoms. The minimum absolute atomic E-state index is 0.740. The molecule has 0 saturated carbocycles. The molecule has 16 heavy (non-hydrogen) atoms. The van der Waals surface area contributed by atoms with Crippen molar-refractivity contribution in [2.45, 2.75) is 65.1 Å². The van der Waals surface area contributed by atoms with Gasteiger partial charge in [0.05, 0.1) is 0 Å². The molecule has 1 atom stereocenters. The Kier molecular flexibility index (Phi) is 7.46. The van der Waals surface area contributed by atoms with Crippen LogP contribution in [0.25, 0.3) is 0 Å². The summed E-state index contributed by atoms with van der Waals surface area (Å²) in [6.07, 6.45) is 4.98. The van der Waals surface area contributed by atoms with Crippen LogP contribution in [0.15, 0.2) is 0 Å². The molecule has 0 amide bonds. The van der Waals surface area contributed by atoms with Gasteiger partial charge >= 0.3 is 6.16 Å². The van der Waals surface area contributed by atoms with Crippen molar-refractivity contribution in [3.8, 4) is 0 Å². The largest absolute Gasteiger partial charge is 0.491 e. The number of hydrogen-bond acceptors (Lipinski definition) is 2. The lowest BCUT2D eigenvalue weighted by atomic mass is 9.97. The molecule has 0 aliphatic heterocycles. The summed E-state index contributed by atoms with van der Waals surface area (Å²) in [6.45, 7) is 8.38. The zero-order valence-corrected chi connectivity index (χ0v) is 12.1. The Hall–Kier alpha value is -0.513. The highest BCUT2D eigenvalue weighted by atomic mass is 28.4. The van der Waals surface area contributed by atoms with Crippen molar-refractivity contribution >= 4 is 14.5 Å². The first-order chi connectivity index (χ1) is 7.41. The SMILES string of the molecule is CCCCC(CC)CC[Si](C)(C)OC(=O)O. The minimum atomic E-state index is -1.98. The summed E-state index contributed by atoms with van der Waals surface area (Å²) in [6, 6.07) is 0.946. The Morgan fingerprint density at radius 1 is 1.31 bits per heavy atom. The van der Waals surface area contributed by atoms with E-state index in [0.717, 1.165) is 18.4 Å². The van der Waals surface area contributed by atoms with Gasteiger partial charge in [0, 0.05) is 0 Å². The van der Waals surface area contributed by atoms with E-state index in [9.17, 15) is 4.79 Å². The molecule has 0 aromatic heterocycles. The molecule has 0 saturated heterocycles. The van der Waals surface area contributed by atoms with Crippen LogP contribution in [-0.4, -0.2) is 19.6 Å². The second-order valence-corrected chi connectivity index (χ2v) is 9.31. The highest BCUT2D eigenvalue weighted by Gasteiger charge is 2.27. The molecule has 0 fully saturated rings. The van der Waals surface area contributed by atoms with Crippen LogP contribution in [0.1, 0.15) is 46.0 Å². The molecule has 0 aliphatic carbocycles. The van der Waals surface area contributed by atoms with Gasteiger partial charge in [0.15, 0.2) is 0 Å². The molecule has 1 unspecified atom stereocenters. The van der Waals surface area contributed by atoms with Crippen LogP contribution in [0.2, 0.25) is 19.1 Å². The van der Waals surface area contributed by atoms with Gasteiger partial charge in [0.25, 0.3) is 8.32 Å². The topological polar surface area (TPSA) is 46.5 Å². The molecule has 1 N–H and O–H groups in total. The monoisotopic (exact) mass is 246 g/mol. The summed E-state index contributed by atoms with van der Waals surface area (Å²) in [4.78, 5) is 10.5. The number of rotatable bonds is 8. The van der Waals surface area contributed by atoms with Gasteiger partial charge in [-0.05, 0) is 31.5 Å². The van der Waals surface area contributed by atoms with Crippen LogP contribution in [0.4, 0.5) is 4.79 Å². The van der Waals surface area contributed by atoms with Crippen LogP contribution in [0.3, 0.4) is 0 Å². The van der Waals surface area contributed by atoms with Gasteiger partial charge in [0.2, 0.25) is 0 Å². The summed E-state index contributed by atoms with van der Waals surface area (Å²) >= 11 is 0. The van der Waals surface area contributed by atoms with E-state index < -0.39 is 14.5 Å². The smallest absolute Gasteiger partial charge is 0.490 e. The van der Waals surface area contributed by atoms with E-state index in [-0.39, 0.29) is 0 Å². The first-order valence-electron chi connectivity index (χ1n) is 6.33. The third kappa shape index (κ3) is 7.74. The van der Waals surface area contributed by atoms with Crippen LogP contribution >= 0.6 is 0 Å². The van der Waals surface area contributed by atoms with Crippen molar-refractivity contribution in [2.75, 3.05) is 0 Å². The molecular weight excluding hydrogens is 220 g/mol. The normalized spacial score (nSPS) is 13.5. The Morgan fingerprint density at radius 3 is 2.38 bits per heavy atom. The maximum absolute atomic E-state index is 10.5. The summed E-state index contributed by atoms with van der Waals surface area (Å²) in [7, 11) is -1.98. The molecule has 0 spiro atoms. The Labute approximate surface area is 100 Å². The van der Waals surface area contributed by atoms with E-state index in [1.165, 1.54) is 25.7 Å². The number of hydrogen-bond donors (Lipinski definition) is 1. The summed E-state index contributed by atoms with van der Waals surface area (Å²) in [5, 5.41) is 8.63. The lowest BCUT2D eigenvalue weighted by Gasteiger charge is -2.23. The maximum atomic E-state index is 10.5. The number of carboxylic acid groups (broad SMARTS) is 1. The van der Waals surface area contributed by atoms with Gasteiger partial charge in [-0.1, -0.05) is 39.5 Å². The second-order valence-electron chi connectivity index (χ2n) is 5.08. The van der Waals surface area contributed by atoms with Gasteiger partial charge in [-0.3, -0.25) is 0 Å². The Balaban J connectivity index is 3.94. The molecule has 0 heterocycles. The predicted molar refractivity (Wildman–Crippen MR) is 69.3 cm³/mol. The van der Waals surface area contributed by atoms with Gasteiger partial charge in [-0.2, -0.15) is 0 Å². The molecular formula is C12H26O3Si. The molecule has 0 bridgehead atoms. The average Bonchev–Trinajstić information content (AvgIpc) is 2.16. The standard InChI is InChI=1S/C12H26O3Si/c1-5-7-8-11(6-2)9-10-16(3,4)15-12(13)14/h11H,5-10H2,1-4H3,(H,13,14). The van der Waals surface area contributed by atoms with Crippen molar-refractivity contribution < 1.29 is 14.3 Å². The fraction of sp³-hybridized carbons (Fsp3) is 0.917. The van der Waals surface area contributed by atoms with E-state index in [4.69, 9.17) is 9.53 Å². The predicted octanol–water partition coefficient (Wildman–Crippen LogP) is 4.49. The van der Waals surface area contributed by atoms with E-state index >= 15 is 0 Å². The zero-order chi connectivity index (χ0) is 12.6. The average molecular weight is 246 g/mol. The summed E-state index contributed by atoms with van der Waals surface area (Å²) in [5.74, 6) is 0.740. The Morgan fingerprint density at radius 2 is 1.94 bits per heavy atom. The van der Waals surface area contributed by atoms with E-state index in [0.29, 0.717) is 0 Å². The van der Waals surface area contributed by atoms with Crippen molar-refractivity contribution in [3.05, 3.63) is 0 Å². The van der Waals surface area contributed by atoms with Crippen LogP contribution in [-0.2, 0) is 4.43 Å². The van der Waals surface area contributed by atoms with Crippen LogP contribution < -0.4 is 0 Å². The Bertz CT molecular complexity index is 204. The first-order valence-corrected chi connectivity index (χ1v) is 9.44. The van der Waals surface area contributed by atoms with E-state index in [1.54, 1.807) is 0 Å². The second kappa shape index (κ2) is 7.71. The summed E-state index contributed by atoms with van der Waals surface area (Å²) in [5.41, 5.74) is 0. The minimum Gasteiger partial charge on any atom is -0.490 e. The van der Waals surface area contributed by atoms with Crippen molar-refractivity contribution in [1.82, 2.24) is 0 Å². The third-order valence-electron chi connectivity index (χ3n) is 3.06. The number of unbranched alkanes of at least 4 members (excludes halogenated alkanes) is 1. The van der Waals surface area contributed by atoms with E-state index in [1.807, 2.05) is 13.1 Å². The highest BCUT2D eigenvalue weighted by Crippen LogP contribution is 2.24. The molecule has 0 aliphatic rings. The molecule has 0 aromatic rings.